The molecule has 0 saturated heterocycles. The van der Waals surface area contributed by atoms with E-state index in [1.807, 2.05) is 0 Å². The number of rotatable bonds is 2. The molecule has 0 radical (unpaired) electrons. The molecule has 3 rings (SSSR count). The van der Waals surface area contributed by atoms with Crippen LogP contribution >= 0.6 is 0 Å². The van der Waals surface area contributed by atoms with Crippen molar-refractivity contribution in [3.05, 3.63) is 34.6 Å². The van der Waals surface area contributed by atoms with Crippen molar-refractivity contribution in [2.45, 2.75) is 50.5 Å². The monoisotopic (exact) mass is 219 g/mol. The van der Waals surface area contributed by atoms with Crippen molar-refractivity contribution in [1.29, 1.82) is 0 Å². The van der Waals surface area contributed by atoms with Crippen molar-refractivity contribution in [2.24, 2.45) is 5.73 Å². The Bertz CT molecular complexity index is 421. The van der Waals surface area contributed by atoms with Gasteiger partial charge in [0.2, 0.25) is 0 Å². The van der Waals surface area contributed by atoms with Gasteiger partial charge in [0.25, 0.3) is 0 Å². The van der Waals surface area contributed by atoms with E-state index in [4.69, 9.17) is 5.73 Å². The zero-order valence-electron chi connectivity index (χ0n) is 9.56. The lowest BCUT2D eigenvalue weighted by Crippen LogP contribution is -2.25. The van der Waals surface area contributed by atoms with Gasteiger partial charge in [0.15, 0.2) is 0 Å². The highest BCUT2D eigenvalue weighted by atomic mass is 19.1. The summed E-state index contributed by atoms with van der Waals surface area (Å²) in [6.07, 6.45) is 7.40. The molecule has 0 spiro atoms. The molecule has 0 unspecified atom stereocenters. The standard InChI is InChI=1S/C14H18FN/c15-13-8-11-4-2-1-3-10(11)7-12(13)9-14(16)5-6-14/h7-8H,1-6,9,16H2. The Morgan fingerprint density at radius 3 is 2.38 bits per heavy atom. The Morgan fingerprint density at radius 2 is 1.75 bits per heavy atom. The second-order valence-corrected chi connectivity index (χ2v) is 5.46. The van der Waals surface area contributed by atoms with Gasteiger partial charge in [-0.3, -0.25) is 0 Å². The van der Waals surface area contributed by atoms with Gasteiger partial charge in [0.05, 0.1) is 0 Å². The van der Waals surface area contributed by atoms with E-state index in [0.29, 0.717) is 6.42 Å². The molecule has 0 aromatic heterocycles. The molecule has 0 atom stereocenters. The predicted molar refractivity (Wildman–Crippen MR) is 62.9 cm³/mol. The summed E-state index contributed by atoms with van der Waals surface area (Å²) in [7, 11) is 0. The van der Waals surface area contributed by atoms with Crippen LogP contribution in [0.25, 0.3) is 0 Å². The predicted octanol–water partition coefficient (Wildman–Crippen LogP) is 2.74. The molecule has 86 valence electrons. The van der Waals surface area contributed by atoms with Crippen LogP contribution in [-0.4, -0.2) is 5.54 Å². The van der Waals surface area contributed by atoms with E-state index in [0.717, 1.165) is 31.2 Å². The van der Waals surface area contributed by atoms with Gasteiger partial charge in [-0.25, -0.2) is 4.39 Å². The number of hydrogen-bond donors (Lipinski definition) is 1. The number of aryl methyl sites for hydroxylation is 2. The molecular formula is C14H18FN. The van der Waals surface area contributed by atoms with E-state index in [2.05, 4.69) is 6.07 Å². The molecule has 0 amide bonds. The van der Waals surface area contributed by atoms with Crippen molar-refractivity contribution in [2.75, 3.05) is 0 Å². The molecule has 1 aromatic rings. The maximum absolute atomic E-state index is 13.9. The normalized spacial score (nSPS) is 21.6. The first-order valence-corrected chi connectivity index (χ1v) is 6.25. The van der Waals surface area contributed by atoms with Crippen molar-refractivity contribution in [3.8, 4) is 0 Å². The molecule has 0 bridgehead atoms. The Hall–Kier alpha value is -0.890. The number of benzene rings is 1. The van der Waals surface area contributed by atoms with Gasteiger partial charge in [-0.1, -0.05) is 6.07 Å². The lowest BCUT2D eigenvalue weighted by atomic mass is 9.89. The van der Waals surface area contributed by atoms with Crippen molar-refractivity contribution >= 4 is 0 Å². The van der Waals surface area contributed by atoms with Crippen LogP contribution in [0.4, 0.5) is 4.39 Å². The largest absolute Gasteiger partial charge is 0.325 e. The average molecular weight is 219 g/mol. The molecule has 2 heteroatoms. The van der Waals surface area contributed by atoms with E-state index < -0.39 is 0 Å². The van der Waals surface area contributed by atoms with Gasteiger partial charge in [0, 0.05) is 5.54 Å². The highest BCUT2D eigenvalue weighted by Crippen LogP contribution is 2.37. The first kappa shape index (κ1) is 10.3. The van der Waals surface area contributed by atoms with Crippen LogP contribution in [-0.2, 0) is 19.3 Å². The maximum Gasteiger partial charge on any atom is 0.126 e. The summed E-state index contributed by atoms with van der Waals surface area (Å²) in [6, 6.07) is 3.81. The summed E-state index contributed by atoms with van der Waals surface area (Å²) in [6.45, 7) is 0. The third-order valence-corrected chi connectivity index (χ3v) is 3.95. The van der Waals surface area contributed by atoms with Crippen LogP contribution in [0, 0.1) is 5.82 Å². The molecule has 0 heterocycles. The molecule has 0 aliphatic heterocycles. The lowest BCUT2D eigenvalue weighted by Gasteiger charge is -2.18. The van der Waals surface area contributed by atoms with Gasteiger partial charge in [-0.15, -0.1) is 0 Å². The Kier molecular flexibility index (Phi) is 2.28. The van der Waals surface area contributed by atoms with E-state index in [1.54, 1.807) is 6.07 Å². The molecule has 1 saturated carbocycles. The summed E-state index contributed by atoms with van der Waals surface area (Å²) < 4.78 is 13.9. The highest BCUT2D eigenvalue weighted by molar-refractivity contribution is 5.36. The molecule has 2 N–H and O–H groups in total. The van der Waals surface area contributed by atoms with E-state index in [9.17, 15) is 4.39 Å². The number of fused-ring (bicyclic) bond motifs is 1. The topological polar surface area (TPSA) is 26.0 Å². The van der Waals surface area contributed by atoms with Crippen molar-refractivity contribution in [1.82, 2.24) is 0 Å². The quantitative estimate of drug-likeness (QED) is 0.813. The fraction of sp³-hybridized carbons (Fsp3) is 0.571. The van der Waals surface area contributed by atoms with Crippen LogP contribution in [0.3, 0.4) is 0 Å². The molecule has 2 aliphatic rings. The van der Waals surface area contributed by atoms with Crippen LogP contribution < -0.4 is 5.73 Å². The zero-order chi connectivity index (χ0) is 11.2. The maximum atomic E-state index is 13.9. The van der Waals surface area contributed by atoms with Crippen LogP contribution in [0.2, 0.25) is 0 Å². The number of nitrogens with two attached hydrogens (primary N) is 1. The third kappa shape index (κ3) is 1.86. The Morgan fingerprint density at radius 1 is 1.12 bits per heavy atom. The highest BCUT2D eigenvalue weighted by Gasteiger charge is 2.38. The van der Waals surface area contributed by atoms with Crippen LogP contribution in [0.15, 0.2) is 12.1 Å². The fourth-order valence-electron chi connectivity index (χ4n) is 2.66. The Balaban J connectivity index is 1.92. The summed E-state index contributed by atoms with van der Waals surface area (Å²) in [4.78, 5) is 0. The third-order valence-electron chi connectivity index (χ3n) is 3.95. The summed E-state index contributed by atoms with van der Waals surface area (Å²) in [5.41, 5.74) is 9.37. The van der Waals surface area contributed by atoms with Gasteiger partial charge in [-0.05, 0) is 67.7 Å². The molecular weight excluding hydrogens is 201 g/mol. The fourth-order valence-corrected chi connectivity index (χ4v) is 2.66. The molecule has 1 fully saturated rings. The van der Waals surface area contributed by atoms with E-state index in [-0.39, 0.29) is 11.4 Å². The minimum atomic E-state index is -0.0935. The number of halogens is 1. The first-order chi connectivity index (χ1) is 7.66. The number of hydrogen-bond acceptors (Lipinski definition) is 1. The van der Waals surface area contributed by atoms with Crippen molar-refractivity contribution in [3.63, 3.8) is 0 Å². The first-order valence-electron chi connectivity index (χ1n) is 6.25. The van der Waals surface area contributed by atoms with Crippen LogP contribution in [0.1, 0.15) is 42.4 Å². The summed E-state index contributed by atoms with van der Waals surface area (Å²) >= 11 is 0. The lowest BCUT2D eigenvalue weighted by molar-refractivity contribution is 0.573. The zero-order valence-corrected chi connectivity index (χ0v) is 9.56. The summed E-state index contributed by atoms with van der Waals surface area (Å²) in [5, 5.41) is 0. The second-order valence-electron chi connectivity index (χ2n) is 5.46. The molecule has 1 aromatic carbocycles. The average Bonchev–Trinajstić information content (AvgIpc) is 2.97. The minimum absolute atomic E-state index is 0.0441. The van der Waals surface area contributed by atoms with E-state index in [1.165, 1.54) is 24.0 Å². The SMILES string of the molecule is NC1(Cc2cc3c(cc2F)CCCC3)CC1. The minimum Gasteiger partial charge on any atom is -0.325 e. The Labute approximate surface area is 95.8 Å². The van der Waals surface area contributed by atoms with Gasteiger partial charge in [-0.2, -0.15) is 0 Å². The van der Waals surface area contributed by atoms with E-state index >= 15 is 0 Å². The van der Waals surface area contributed by atoms with Crippen molar-refractivity contribution < 1.29 is 4.39 Å². The van der Waals surface area contributed by atoms with Gasteiger partial charge in [0.1, 0.15) is 5.82 Å². The molecule has 2 aliphatic carbocycles. The second kappa shape index (κ2) is 3.56. The summed E-state index contributed by atoms with van der Waals surface area (Å²) in [5.74, 6) is -0.0441. The molecule has 16 heavy (non-hydrogen) atoms. The smallest absolute Gasteiger partial charge is 0.126 e. The van der Waals surface area contributed by atoms with Gasteiger partial charge >= 0.3 is 0 Å². The van der Waals surface area contributed by atoms with Crippen LogP contribution in [0.5, 0.6) is 0 Å². The van der Waals surface area contributed by atoms with Gasteiger partial charge < -0.3 is 5.73 Å². The molecule has 1 nitrogen and oxygen atoms in total.